The molecule has 0 aliphatic heterocycles. The first-order valence-electron chi connectivity index (χ1n) is 8.18. The zero-order valence-corrected chi connectivity index (χ0v) is 14.9. The lowest BCUT2D eigenvalue weighted by Crippen LogP contribution is -2.27. The van der Waals surface area contributed by atoms with Crippen LogP contribution >= 0.6 is 0 Å². The quantitative estimate of drug-likeness (QED) is 0.784. The van der Waals surface area contributed by atoms with Crippen molar-refractivity contribution in [2.45, 2.75) is 39.7 Å². The van der Waals surface area contributed by atoms with Crippen molar-refractivity contribution in [3.8, 4) is 0 Å². The van der Waals surface area contributed by atoms with E-state index in [4.69, 9.17) is 4.74 Å². The van der Waals surface area contributed by atoms with Crippen molar-refractivity contribution in [1.29, 1.82) is 0 Å². The third-order valence-electron chi connectivity index (χ3n) is 3.73. The molecular weight excluding hydrogens is 316 g/mol. The minimum absolute atomic E-state index is 0.447. The van der Waals surface area contributed by atoms with Gasteiger partial charge in [0.25, 0.3) is 0 Å². The van der Waals surface area contributed by atoms with Crippen molar-refractivity contribution < 1.29 is 9.53 Å². The van der Waals surface area contributed by atoms with E-state index >= 15 is 0 Å². The van der Waals surface area contributed by atoms with E-state index in [1.165, 1.54) is 5.56 Å². The molecule has 130 valence electrons. The Morgan fingerprint density at radius 2 is 2.04 bits per heavy atom. The van der Waals surface area contributed by atoms with E-state index in [0.717, 1.165) is 28.9 Å². The molecule has 2 aromatic heterocycles. The molecule has 0 unspecified atom stereocenters. The Morgan fingerprint density at radius 3 is 2.76 bits per heavy atom. The Hall–Kier alpha value is -2.89. The highest BCUT2D eigenvalue weighted by Crippen LogP contribution is 2.20. The van der Waals surface area contributed by atoms with Gasteiger partial charge in [0, 0.05) is 11.9 Å². The molecule has 0 spiro atoms. The average Bonchev–Trinajstić information content (AvgIpc) is 2.95. The number of fused-ring (bicyclic) bond motifs is 1. The lowest BCUT2D eigenvalue weighted by atomic mass is 10.0. The first kappa shape index (κ1) is 17.0. The summed E-state index contributed by atoms with van der Waals surface area (Å²) in [5.41, 5.74) is 4.51. The molecule has 2 heterocycles. The zero-order chi connectivity index (χ0) is 18.0. The maximum atomic E-state index is 11.9. The molecule has 0 aliphatic carbocycles. The number of carbonyl (C=O) groups is 1. The minimum atomic E-state index is -0.514. The van der Waals surface area contributed by atoms with Crippen LogP contribution in [0.2, 0.25) is 0 Å². The Kier molecular flexibility index (Phi) is 4.44. The summed E-state index contributed by atoms with van der Waals surface area (Å²) in [6.45, 7) is 7.55. The Labute approximate surface area is 146 Å². The number of nitrogens with one attached hydrogen (secondary N) is 1. The van der Waals surface area contributed by atoms with Gasteiger partial charge < -0.3 is 4.74 Å². The van der Waals surface area contributed by atoms with Crippen molar-refractivity contribution in [3.05, 3.63) is 59.5 Å². The Balaban J connectivity index is 1.72. The lowest BCUT2D eigenvalue weighted by molar-refractivity contribution is 0.0636. The number of aromatic nitrogens is 3. The number of amides is 1. The van der Waals surface area contributed by atoms with Gasteiger partial charge in [-0.05, 0) is 75.1 Å². The SMILES string of the molecule is Cc1cc(NC(=O)OC(C)(C)C)ccc1Cc1ccn2ncnc2c1. The third-order valence-corrected chi connectivity index (χ3v) is 3.73. The van der Waals surface area contributed by atoms with Crippen LogP contribution in [0.4, 0.5) is 10.5 Å². The summed E-state index contributed by atoms with van der Waals surface area (Å²) in [5.74, 6) is 0. The Bertz CT molecular complexity index is 909. The molecule has 0 radical (unpaired) electrons. The second-order valence-corrected chi connectivity index (χ2v) is 7.04. The van der Waals surface area contributed by atoms with Crippen LogP contribution in [0.1, 0.15) is 37.5 Å². The number of carbonyl (C=O) groups excluding carboxylic acids is 1. The first-order valence-corrected chi connectivity index (χ1v) is 8.18. The molecule has 0 saturated heterocycles. The van der Waals surface area contributed by atoms with E-state index in [-0.39, 0.29) is 0 Å². The predicted molar refractivity (Wildman–Crippen MR) is 96.8 cm³/mol. The minimum Gasteiger partial charge on any atom is -0.444 e. The van der Waals surface area contributed by atoms with Crippen LogP contribution in [0.15, 0.2) is 42.9 Å². The fourth-order valence-corrected chi connectivity index (χ4v) is 2.58. The van der Waals surface area contributed by atoms with Crippen molar-refractivity contribution in [3.63, 3.8) is 0 Å². The van der Waals surface area contributed by atoms with Gasteiger partial charge in [-0.3, -0.25) is 5.32 Å². The van der Waals surface area contributed by atoms with Crippen LogP contribution in [-0.4, -0.2) is 26.3 Å². The van der Waals surface area contributed by atoms with E-state index in [0.29, 0.717) is 0 Å². The zero-order valence-electron chi connectivity index (χ0n) is 14.9. The maximum absolute atomic E-state index is 11.9. The molecule has 0 bridgehead atoms. The van der Waals surface area contributed by atoms with Gasteiger partial charge in [0.1, 0.15) is 11.9 Å². The van der Waals surface area contributed by atoms with Crippen LogP contribution < -0.4 is 5.32 Å². The van der Waals surface area contributed by atoms with Crippen LogP contribution in [0.5, 0.6) is 0 Å². The van der Waals surface area contributed by atoms with Crippen LogP contribution in [0.25, 0.3) is 5.65 Å². The summed E-state index contributed by atoms with van der Waals surface area (Å²) in [7, 11) is 0. The summed E-state index contributed by atoms with van der Waals surface area (Å²) < 4.78 is 7.02. The molecule has 25 heavy (non-hydrogen) atoms. The predicted octanol–water partition coefficient (Wildman–Crippen LogP) is 3.98. The molecule has 1 N–H and O–H groups in total. The van der Waals surface area contributed by atoms with Crippen LogP contribution in [0, 0.1) is 6.92 Å². The fourth-order valence-electron chi connectivity index (χ4n) is 2.58. The normalized spacial score (nSPS) is 11.5. The molecule has 1 amide bonds. The number of nitrogens with zero attached hydrogens (tertiary/aromatic N) is 3. The summed E-state index contributed by atoms with van der Waals surface area (Å²) in [4.78, 5) is 16.1. The summed E-state index contributed by atoms with van der Waals surface area (Å²) in [6, 6.07) is 9.93. The van der Waals surface area contributed by atoms with E-state index in [1.54, 1.807) is 10.8 Å². The first-order chi connectivity index (χ1) is 11.8. The average molecular weight is 338 g/mol. The maximum Gasteiger partial charge on any atom is 0.412 e. The number of pyridine rings is 1. The molecule has 6 nitrogen and oxygen atoms in total. The van der Waals surface area contributed by atoms with Crippen LogP contribution in [-0.2, 0) is 11.2 Å². The smallest absolute Gasteiger partial charge is 0.412 e. The number of hydrogen-bond acceptors (Lipinski definition) is 4. The molecule has 1 aromatic carbocycles. The summed E-state index contributed by atoms with van der Waals surface area (Å²) in [5, 5.41) is 6.87. The van der Waals surface area contributed by atoms with Gasteiger partial charge in [0.2, 0.25) is 0 Å². The molecular formula is C19H22N4O2. The number of anilines is 1. The Morgan fingerprint density at radius 1 is 1.24 bits per heavy atom. The van der Waals surface area contributed by atoms with E-state index in [1.807, 2.05) is 64.2 Å². The van der Waals surface area contributed by atoms with Gasteiger partial charge in [0.05, 0.1) is 0 Å². The van der Waals surface area contributed by atoms with Gasteiger partial charge in [-0.1, -0.05) is 6.07 Å². The molecule has 0 fully saturated rings. The molecule has 3 rings (SSSR count). The van der Waals surface area contributed by atoms with Crippen LogP contribution in [0.3, 0.4) is 0 Å². The number of ether oxygens (including phenoxy) is 1. The number of aryl methyl sites for hydroxylation is 1. The molecule has 0 atom stereocenters. The van der Waals surface area contributed by atoms with Gasteiger partial charge in [0.15, 0.2) is 5.65 Å². The van der Waals surface area contributed by atoms with E-state index < -0.39 is 11.7 Å². The lowest BCUT2D eigenvalue weighted by Gasteiger charge is -2.20. The summed E-state index contributed by atoms with van der Waals surface area (Å²) >= 11 is 0. The van der Waals surface area contributed by atoms with Gasteiger partial charge >= 0.3 is 6.09 Å². The fraction of sp³-hybridized carbons (Fsp3) is 0.316. The largest absolute Gasteiger partial charge is 0.444 e. The van der Waals surface area contributed by atoms with E-state index in [2.05, 4.69) is 15.4 Å². The molecule has 0 saturated carbocycles. The second-order valence-electron chi connectivity index (χ2n) is 7.04. The standard InChI is InChI=1S/C19H22N4O2/c1-13-9-16(22-18(24)25-19(2,3)4)6-5-15(13)10-14-7-8-23-17(11-14)20-12-21-23/h5-9,11-12H,10H2,1-4H3,(H,22,24). The summed E-state index contributed by atoms with van der Waals surface area (Å²) in [6.07, 6.45) is 3.80. The highest BCUT2D eigenvalue weighted by molar-refractivity contribution is 5.85. The molecule has 3 aromatic rings. The van der Waals surface area contributed by atoms with Gasteiger partial charge in [-0.25, -0.2) is 14.3 Å². The van der Waals surface area contributed by atoms with E-state index in [9.17, 15) is 4.79 Å². The van der Waals surface area contributed by atoms with Gasteiger partial charge in [-0.15, -0.1) is 0 Å². The number of hydrogen-bond donors (Lipinski definition) is 1. The number of rotatable bonds is 3. The number of benzene rings is 1. The van der Waals surface area contributed by atoms with Crippen molar-refractivity contribution in [1.82, 2.24) is 14.6 Å². The van der Waals surface area contributed by atoms with Crippen molar-refractivity contribution >= 4 is 17.4 Å². The monoisotopic (exact) mass is 338 g/mol. The molecule has 0 aliphatic rings. The third kappa shape index (κ3) is 4.35. The molecule has 6 heteroatoms. The van der Waals surface area contributed by atoms with Crippen molar-refractivity contribution in [2.24, 2.45) is 0 Å². The highest BCUT2D eigenvalue weighted by Gasteiger charge is 2.16. The second kappa shape index (κ2) is 6.55. The van der Waals surface area contributed by atoms with Gasteiger partial charge in [-0.2, -0.15) is 5.10 Å². The topological polar surface area (TPSA) is 68.5 Å². The highest BCUT2D eigenvalue weighted by atomic mass is 16.6. The van der Waals surface area contributed by atoms with Crippen molar-refractivity contribution in [2.75, 3.05) is 5.32 Å².